The Morgan fingerprint density at radius 1 is 1.53 bits per heavy atom. The van der Waals surface area contributed by atoms with Crippen LogP contribution in [-0.4, -0.2) is 22.6 Å². The topological polar surface area (TPSA) is 29.9 Å². The van der Waals surface area contributed by atoms with Crippen molar-refractivity contribution in [1.29, 1.82) is 0 Å². The molecular formula is C13H17N3S. The molecule has 1 saturated heterocycles. The van der Waals surface area contributed by atoms with Gasteiger partial charge in [-0.2, -0.15) is 11.3 Å². The quantitative estimate of drug-likeness (QED) is 0.903. The second kappa shape index (κ2) is 5.02. The van der Waals surface area contributed by atoms with Gasteiger partial charge in [0.25, 0.3) is 0 Å². The van der Waals surface area contributed by atoms with Gasteiger partial charge >= 0.3 is 0 Å². The summed E-state index contributed by atoms with van der Waals surface area (Å²) in [7, 11) is 0. The van der Waals surface area contributed by atoms with E-state index in [1.807, 2.05) is 12.5 Å². The highest BCUT2D eigenvalue weighted by atomic mass is 32.1. The molecule has 1 aliphatic rings. The Balaban J connectivity index is 1.78. The van der Waals surface area contributed by atoms with Crippen molar-refractivity contribution in [3.05, 3.63) is 40.6 Å². The maximum absolute atomic E-state index is 4.32. The van der Waals surface area contributed by atoms with Crippen molar-refractivity contribution in [3.8, 4) is 0 Å². The predicted octanol–water partition coefficient (Wildman–Crippen LogP) is 2.46. The van der Waals surface area contributed by atoms with E-state index in [0.717, 1.165) is 19.6 Å². The minimum absolute atomic E-state index is 0.630. The molecule has 1 fully saturated rings. The number of imidazole rings is 1. The normalized spacial score (nSPS) is 20.6. The third-order valence-corrected chi connectivity index (χ3v) is 4.12. The summed E-state index contributed by atoms with van der Waals surface area (Å²) in [4.78, 5) is 4.32. The lowest BCUT2D eigenvalue weighted by molar-refractivity contribution is 0.444. The summed E-state index contributed by atoms with van der Waals surface area (Å²) in [6, 6.07) is 2.19. The van der Waals surface area contributed by atoms with Crippen LogP contribution in [0.1, 0.15) is 30.0 Å². The minimum Gasteiger partial charge on any atom is -0.330 e. The fraction of sp³-hybridized carbons (Fsp3) is 0.462. The SMILES string of the molecule is c1cc(Cn2cncc2C2CCCNC2)cs1. The Morgan fingerprint density at radius 3 is 3.29 bits per heavy atom. The summed E-state index contributed by atoms with van der Waals surface area (Å²) in [6.07, 6.45) is 6.54. The van der Waals surface area contributed by atoms with Crippen LogP contribution < -0.4 is 5.32 Å². The van der Waals surface area contributed by atoms with Crippen LogP contribution in [0.25, 0.3) is 0 Å². The van der Waals surface area contributed by atoms with Crippen LogP contribution in [0.15, 0.2) is 29.4 Å². The molecule has 2 aromatic heterocycles. The van der Waals surface area contributed by atoms with Crippen LogP contribution in [0.2, 0.25) is 0 Å². The number of hydrogen-bond donors (Lipinski definition) is 1. The largest absolute Gasteiger partial charge is 0.330 e. The molecule has 1 N–H and O–H groups in total. The number of piperidine rings is 1. The molecule has 0 aliphatic carbocycles. The van der Waals surface area contributed by atoms with Crippen molar-refractivity contribution in [2.75, 3.05) is 13.1 Å². The van der Waals surface area contributed by atoms with Crippen molar-refractivity contribution >= 4 is 11.3 Å². The Labute approximate surface area is 106 Å². The summed E-state index contributed by atoms with van der Waals surface area (Å²) in [6.45, 7) is 3.21. The third-order valence-electron chi connectivity index (χ3n) is 3.39. The van der Waals surface area contributed by atoms with Crippen LogP contribution in [0, 0.1) is 0 Å². The molecule has 0 saturated carbocycles. The monoisotopic (exact) mass is 247 g/mol. The maximum Gasteiger partial charge on any atom is 0.0951 e. The van der Waals surface area contributed by atoms with E-state index in [4.69, 9.17) is 0 Å². The van der Waals surface area contributed by atoms with Crippen molar-refractivity contribution < 1.29 is 0 Å². The molecule has 17 heavy (non-hydrogen) atoms. The van der Waals surface area contributed by atoms with Crippen LogP contribution >= 0.6 is 11.3 Å². The van der Waals surface area contributed by atoms with Gasteiger partial charge in [-0.1, -0.05) is 0 Å². The van der Waals surface area contributed by atoms with Crippen molar-refractivity contribution in [2.45, 2.75) is 25.3 Å². The second-order valence-electron chi connectivity index (χ2n) is 4.62. The highest BCUT2D eigenvalue weighted by molar-refractivity contribution is 7.07. The lowest BCUT2D eigenvalue weighted by Crippen LogP contribution is -2.29. The van der Waals surface area contributed by atoms with E-state index in [2.05, 4.69) is 31.7 Å². The van der Waals surface area contributed by atoms with Gasteiger partial charge in [0.15, 0.2) is 0 Å². The van der Waals surface area contributed by atoms with Crippen LogP contribution in [0.4, 0.5) is 0 Å². The molecule has 0 aromatic carbocycles. The molecule has 0 radical (unpaired) electrons. The van der Waals surface area contributed by atoms with Crippen molar-refractivity contribution in [2.24, 2.45) is 0 Å². The van der Waals surface area contributed by atoms with Crippen LogP contribution in [0.3, 0.4) is 0 Å². The highest BCUT2D eigenvalue weighted by Crippen LogP contribution is 2.23. The van der Waals surface area contributed by atoms with Gasteiger partial charge in [0.2, 0.25) is 0 Å². The molecule has 1 aliphatic heterocycles. The number of nitrogens with zero attached hydrogens (tertiary/aromatic N) is 2. The number of aromatic nitrogens is 2. The maximum atomic E-state index is 4.32. The summed E-state index contributed by atoms with van der Waals surface area (Å²) in [5.74, 6) is 0.630. The van der Waals surface area contributed by atoms with Gasteiger partial charge in [-0.3, -0.25) is 0 Å². The third kappa shape index (κ3) is 2.42. The number of nitrogens with one attached hydrogen (secondary N) is 1. The van der Waals surface area contributed by atoms with Crippen LogP contribution in [-0.2, 0) is 6.54 Å². The number of thiophene rings is 1. The molecule has 4 heteroatoms. The fourth-order valence-electron chi connectivity index (χ4n) is 2.49. The molecule has 0 bridgehead atoms. The zero-order chi connectivity index (χ0) is 11.5. The summed E-state index contributed by atoms with van der Waals surface area (Å²) >= 11 is 1.76. The average Bonchev–Trinajstić information content (AvgIpc) is 3.02. The molecule has 90 valence electrons. The van der Waals surface area contributed by atoms with Gasteiger partial charge in [0.1, 0.15) is 0 Å². The summed E-state index contributed by atoms with van der Waals surface area (Å²) in [5, 5.41) is 7.81. The van der Waals surface area contributed by atoms with Gasteiger partial charge in [-0.15, -0.1) is 0 Å². The van der Waals surface area contributed by atoms with Gasteiger partial charge < -0.3 is 9.88 Å². The minimum atomic E-state index is 0.630. The van der Waals surface area contributed by atoms with E-state index < -0.39 is 0 Å². The standard InChI is InChI=1S/C13H17N3S/c1-2-12(6-14-4-1)13-7-15-10-16(13)8-11-3-5-17-9-11/h3,5,7,9-10,12,14H,1-2,4,6,8H2. The zero-order valence-electron chi connectivity index (χ0n) is 9.80. The summed E-state index contributed by atoms with van der Waals surface area (Å²) in [5.41, 5.74) is 2.75. The van der Waals surface area contributed by atoms with E-state index in [9.17, 15) is 0 Å². The molecule has 1 atom stereocenters. The molecule has 3 rings (SSSR count). The van der Waals surface area contributed by atoms with Gasteiger partial charge in [0, 0.05) is 30.9 Å². The lowest BCUT2D eigenvalue weighted by Gasteiger charge is -2.23. The molecule has 0 amide bonds. The van der Waals surface area contributed by atoms with Gasteiger partial charge in [-0.05, 0) is 41.8 Å². The molecule has 1 unspecified atom stereocenters. The van der Waals surface area contributed by atoms with Crippen molar-refractivity contribution in [3.63, 3.8) is 0 Å². The Kier molecular flexibility index (Phi) is 3.25. The summed E-state index contributed by atoms with van der Waals surface area (Å²) < 4.78 is 2.29. The molecule has 0 spiro atoms. The highest BCUT2D eigenvalue weighted by Gasteiger charge is 2.18. The Morgan fingerprint density at radius 2 is 2.53 bits per heavy atom. The van der Waals surface area contributed by atoms with Crippen LogP contribution in [0.5, 0.6) is 0 Å². The predicted molar refractivity (Wildman–Crippen MR) is 70.5 cm³/mol. The number of hydrogen-bond acceptors (Lipinski definition) is 3. The lowest BCUT2D eigenvalue weighted by atomic mass is 9.96. The first kappa shape index (κ1) is 11.0. The van der Waals surface area contributed by atoms with E-state index in [1.165, 1.54) is 24.1 Å². The second-order valence-corrected chi connectivity index (χ2v) is 5.40. The van der Waals surface area contributed by atoms with E-state index in [1.54, 1.807) is 11.3 Å². The smallest absolute Gasteiger partial charge is 0.0951 e. The van der Waals surface area contributed by atoms with E-state index in [-0.39, 0.29) is 0 Å². The first-order valence-corrected chi connectivity index (χ1v) is 7.09. The van der Waals surface area contributed by atoms with Crippen molar-refractivity contribution in [1.82, 2.24) is 14.9 Å². The average molecular weight is 247 g/mol. The first-order chi connectivity index (χ1) is 8.43. The Bertz CT molecular complexity index is 455. The molecule has 3 heterocycles. The molecular weight excluding hydrogens is 230 g/mol. The Hall–Kier alpha value is -1.13. The van der Waals surface area contributed by atoms with E-state index in [0.29, 0.717) is 5.92 Å². The van der Waals surface area contributed by atoms with Gasteiger partial charge in [-0.25, -0.2) is 4.98 Å². The first-order valence-electron chi connectivity index (χ1n) is 6.15. The van der Waals surface area contributed by atoms with E-state index >= 15 is 0 Å². The van der Waals surface area contributed by atoms with Gasteiger partial charge in [0.05, 0.1) is 6.33 Å². The molecule has 2 aromatic rings. The molecule has 3 nitrogen and oxygen atoms in total. The zero-order valence-corrected chi connectivity index (χ0v) is 10.6. The fourth-order valence-corrected chi connectivity index (χ4v) is 3.15. The number of rotatable bonds is 3.